The Bertz CT molecular complexity index is 446. The number of fused-ring (bicyclic) bond motifs is 2. The molecule has 0 aromatic rings. The van der Waals surface area contributed by atoms with Crippen molar-refractivity contribution < 1.29 is 4.79 Å². The van der Waals surface area contributed by atoms with Crippen LogP contribution in [0.1, 0.15) is 40.0 Å². The molecule has 1 spiro atoms. The molecular weight excluding hydrogens is 196 g/mol. The maximum atomic E-state index is 11.9. The third-order valence-corrected chi connectivity index (χ3v) is 6.92. The Balaban J connectivity index is 1.88. The number of hydrogen-bond donors (Lipinski definition) is 0. The van der Waals surface area contributed by atoms with Gasteiger partial charge in [-0.25, -0.2) is 0 Å². The molecule has 4 fully saturated rings. The molecule has 4 aliphatic carbocycles. The summed E-state index contributed by atoms with van der Waals surface area (Å²) < 4.78 is 0. The number of hydrogen-bond acceptors (Lipinski definition) is 1. The topological polar surface area (TPSA) is 17.1 Å². The van der Waals surface area contributed by atoms with Gasteiger partial charge in [0, 0.05) is 11.8 Å². The van der Waals surface area contributed by atoms with E-state index in [9.17, 15) is 4.79 Å². The molecule has 0 heterocycles. The number of ketones is 1. The first kappa shape index (κ1) is 9.44. The van der Waals surface area contributed by atoms with Crippen molar-refractivity contribution in [2.75, 3.05) is 0 Å². The fraction of sp³-hybridized carbons (Fsp3) is 0.800. The second-order valence-electron chi connectivity index (χ2n) is 7.39. The summed E-state index contributed by atoms with van der Waals surface area (Å²) in [5.74, 6) is 2.65. The lowest BCUT2D eigenvalue weighted by molar-refractivity contribution is -0.115. The summed E-state index contributed by atoms with van der Waals surface area (Å²) in [6.07, 6.45) is 3.51. The van der Waals surface area contributed by atoms with Crippen molar-refractivity contribution in [2.24, 2.45) is 34.0 Å². The van der Waals surface area contributed by atoms with Crippen molar-refractivity contribution in [3.05, 3.63) is 12.2 Å². The fourth-order valence-corrected chi connectivity index (χ4v) is 6.07. The van der Waals surface area contributed by atoms with Crippen LogP contribution < -0.4 is 0 Å². The minimum atomic E-state index is 0.247. The minimum absolute atomic E-state index is 0.247. The maximum Gasteiger partial charge on any atom is 0.159 e. The quantitative estimate of drug-likeness (QED) is 0.568. The van der Waals surface area contributed by atoms with Crippen LogP contribution in [0.25, 0.3) is 0 Å². The third-order valence-electron chi connectivity index (χ3n) is 6.92. The molecule has 16 heavy (non-hydrogen) atoms. The molecule has 0 N–H and O–H groups in total. The van der Waals surface area contributed by atoms with Gasteiger partial charge in [0.05, 0.1) is 0 Å². The number of carbonyl (C=O) groups is 1. The minimum Gasteiger partial charge on any atom is -0.295 e. The van der Waals surface area contributed by atoms with Crippen LogP contribution in [0.3, 0.4) is 0 Å². The van der Waals surface area contributed by atoms with E-state index in [0.717, 1.165) is 23.8 Å². The molecule has 4 aliphatic rings. The van der Waals surface area contributed by atoms with Crippen molar-refractivity contribution in [1.29, 1.82) is 0 Å². The highest BCUT2D eigenvalue weighted by Gasteiger charge is 2.89. The SMILES string of the molecule is C=C1C(=O)C[C@@H]2[C@]13[C@@H]1[C@H](CC[C@@]23C)C1(C)C. The molecule has 0 aliphatic heterocycles. The van der Waals surface area contributed by atoms with E-state index in [4.69, 9.17) is 0 Å². The monoisotopic (exact) mass is 216 g/mol. The molecule has 1 heteroatoms. The molecule has 0 unspecified atom stereocenters. The average Bonchev–Trinajstić information content (AvgIpc) is 2.91. The Morgan fingerprint density at radius 3 is 2.69 bits per heavy atom. The van der Waals surface area contributed by atoms with Gasteiger partial charge >= 0.3 is 0 Å². The lowest BCUT2D eigenvalue weighted by Gasteiger charge is -2.28. The molecule has 0 radical (unpaired) electrons. The summed E-state index contributed by atoms with van der Waals surface area (Å²) in [6, 6.07) is 0. The van der Waals surface area contributed by atoms with Gasteiger partial charge in [-0.1, -0.05) is 27.4 Å². The van der Waals surface area contributed by atoms with Gasteiger partial charge in [0.2, 0.25) is 0 Å². The first-order valence-electron chi connectivity index (χ1n) is 6.61. The molecule has 0 saturated heterocycles. The molecule has 1 nitrogen and oxygen atoms in total. The highest BCUT2D eigenvalue weighted by molar-refractivity contribution is 6.02. The zero-order chi connectivity index (χ0) is 11.5. The van der Waals surface area contributed by atoms with Gasteiger partial charge in [-0.05, 0) is 47.0 Å². The van der Waals surface area contributed by atoms with E-state index in [0.29, 0.717) is 22.5 Å². The van der Waals surface area contributed by atoms with E-state index in [-0.39, 0.29) is 5.41 Å². The summed E-state index contributed by atoms with van der Waals surface area (Å²) in [5, 5.41) is 0. The molecule has 0 amide bonds. The maximum absolute atomic E-state index is 11.9. The second kappa shape index (κ2) is 2.07. The lowest BCUT2D eigenvalue weighted by Crippen LogP contribution is -2.24. The normalized spacial score (nSPS) is 60.1. The molecule has 86 valence electrons. The highest BCUT2D eigenvalue weighted by Crippen LogP contribution is 2.92. The smallest absolute Gasteiger partial charge is 0.159 e. The van der Waals surface area contributed by atoms with Crippen LogP contribution in [0, 0.1) is 34.0 Å². The van der Waals surface area contributed by atoms with Gasteiger partial charge in [-0.3, -0.25) is 4.79 Å². The predicted molar refractivity (Wildman–Crippen MR) is 62.8 cm³/mol. The van der Waals surface area contributed by atoms with Crippen molar-refractivity contribution >= 4 is 5.78 Å². The molecule has 4 rings (SSSR count). The largest absolute Gasteiger partial charge is 0.295 e. The summed E-state index contributed by atoms with van der Waals surface area (Å²) in [7, 11) is 0. The Morgan fingerprint density at radius 2 is 2.00 bits per heavy atom. The van der Waals surface area contributed by atoms with Crippen LogP contribution in [0.2, 0.25) is 0 Å². The summed E-state index contributed by atoms with van der Waals surface area (Å²) in [6.45, 7) is 11.4. The van der Waals surface area contributed by atoms with Crippen LogP contribution in [-0.2, 0) is 4.79 Å². The number of rotatable bonds is 0. The number of Topliss-reactive ketones (excluding diaryl/α,β-unsaturated/α-hetero) is 1. The Kier molecular flexibility index (Phi) is 1.22. The molecule has 4 saturated carbocycles. The second-order valence-corrected chi connectivity index (χ2v) is 7.39. The van der Waals surface area contributed by atoms with Crippen molar-refractivity contribution in [3.8, 4) is 0 Å². The van der Waals surface area contributed by atoms with E-state index >= 15 is 0 Å². The van der Waals surface area contributed by atoms with Gasteiger partial charge in [0.25, 0.3) is 0 Å². The van der Waals surface area contributed by atoms with E-state index < -0.39 is 0 Å². The van der Waals surface area contributed by atoms with Crippen LogP contribution in [0.4, 0.5) is 0 Å². The summed E-state index contributed by atoms with van der Waals surface area (Å²) >= 11 is 0. The Hall–Kier alpha value is -0.590. The molecule has 0 aromatic carbocycles. The van der Waals surface area contributed by atoms with Crippen LogP contribution in [0.5, 0.6) is 0 Å². The van der Waals surface area contributed by atoms with E-state index in [2.05, 4.69) is 27.4 Å². The number of allylic oxidation sites excluding steroid dienone is 1. The predicted octanol–water partition coefficient (Wildman–Crippen LogP) is 3.20. The van der Waals surface area contributed by atoms with Crippen molar-refractivity contribution in [1.82, 2.24) is 0 Å². The van der Waals surface area contributed by atoms with E-state index in [1.165, 1.54) is 12.8 Å². The van der Waals surface area contributed by atoms with E-state index in [1.807, 2.05) is 0 Å². The van der Waals surface area contributed by atoms with Gasteiger partial charge in [-0.2, -0.15) is 0 Å². The summed E-state index contributed by atoms with van der Waals surface area (Å²) in [4.78, 5) is 11.9. The Morgan fingerprint density at radius 1 is 1.31 bits per heavy atom. The van der Waals surface area contributed by atoms with E-state index in [1.54, 1.807) is 0 Å². The first-order chi connectivity index (χ1) is 7.38. The molecule has 0 aromatic heterocycles. The van der Waals surface area contributed by atoms with Crippen molar-refractivity contribution in [3.63, 3.8) is 0 Å². The molecule has 5 atom stereocenters. The van der Waals surface area contributed by atoms with Crippen molar-refractivity contribution in [2.45, 2.75) is 40.0 Å². The number of carbonyl (C=O) groups excluding carboxylic acids is 1. The third kappa shape index (κ3) is 0.605. The van der Waals surface area contributed by atoms with Crippen LogP contribution in [0.15, 0.2) is 12.2 Å². The highest BCUT2D eigenvalue weighted by atomic mass is 16.1. The first-order valence-corrected chi connectivity index (χ1v) is 6.61. The average molecular weight is 216 g/mol. The van der Waals surface area contributed by atoms with Crippen LogP contribution >= 0.6 is 0 Å². The van der Waals surface area contributed by atoms with Gasteiger partial charge in [-0.15, -0.1) is 0 Å². The standard InChI is InChI=1S/C15H20O/c1-8-10(16)7-11-14(4)6-5-9-12(13(9,2)3)15(8,11)14/h9,11-12H,1,5-7H2,2-4H3/t9-,11-,12+,14-,15-/m0/s1. The Labute approximate surface area is 97.3 Å². The van der Waals surface area contributed by atoms with Gasteiger partial charge in [0.1, 0.15) is 0 Å². The molecular formula is C15H20O. The van der Waals surface area contributed by atoms with Gasteiger partial charge in [0.15, 0.2) is 5.78 Å². The zero-order valence-electron chi connectivity index (χ0n) is 10.5. The van der Waals surface area contributed by atoms with Crippen LogP contribution in [-0.4, -0.2) is 5.78 Å². The fourth-order valence-electron chi connectivity index (χ4n) is 6.07. The van der Waals surface area contributed by atoms with Gasteiger partial charge < -0.3 is 0 Å². The summed E-state index contributed by atoms with van der Waals surface area (Å²) in [5.41, 5.74) is 2.16. The molecule has 0 bridgehead atoms. The lowest BCUT2D eigenvalue weighted by atomic mass is 9.75. The zero-order valence-corrected chi connectivity index (χ0v) is 10.5.